The number of imide groups is 1. The van der Waals surface area contributed by atoms with E-state index in [1.54, 1.807) is 18.3 Å². The first-order valence-corrected chi connectivity index (χ1v) is 10.4. The Hall–Kier alpha value is -3.42. The van der Waals surface area contributed by atoms with Crippen molar-refractivity contribution in [3.8, 4) is 11.6 Å². The van der Waals surface area contributed by atoms with Crippen LogP contribution in [0.3, 0.4) is 0 Å². The van der Waals surface area contributed by atoms with Crippen LogP contribution in [0.2, 0.25) is 0 Å². The Bertz CT molecular complexity index is 984. The lowest BCUT2D eigenvalue weighted by molar-refractivity contribution is -0.135. The third kappa shape index (κ3) is 4.84. The van der Waals surface area contributed by atoms with Crippen molar-refractivity contribution >= 4 is 17.8 Å². The van der Waals surface area contributed by atoms with E-state index in [4.69, 9.17) is 4.74 Å². The predicted molar refractivity (Wildman–Crippen MR) is 116 cm³/mol. The Kier molecular flexibility index (Phi) is 6.58. The summed E-state index contributed by atoms with van der Waals surface area (Å²) in [6, 6.07) is 8.97. The summed E-state index contributed by atoms with van der Waals surface area (Å²) < 4.78 is 5.84. The molecule has 0 unspecified atom stereocenters. The van der Waals surface area contributed by atoms with Gasteiger partial charge in [0.1, 0.15) is 17.8 Å². The van der Waals surface area contributed by atoms with Gasteiger partial charge in [-0.2, -0.15) is 0 Å². The molecule has 2 heterocycles. The molecule has 0 saturated carbocycles. The summed E-state index contributed by atoms with van der Waals surface area (Å²) in [5, 5.41) is 5.44. The van der Waals surface area contributed by atoms with Gasteiger partial charge >= 0.3 is 6.03 Å². The Morgan fingerprint density at radius 3 is 2.52 bits per heavy atom. The van der Waals surface area contributed by atoms with Gasteiger partial charge in [-0.1, -0.05) is 32.0 Å². The second-order valence-corrected chi connectivity index (χ2v) is 7.76. The zero-order valence-corrected chi connectivity index (χ0v) is 18.3. The zero-order chi connectivity index (χ0) is 22.6. The van der Waals surface area contributed by atoms with E-state index in [-0.39, 0.29) is 19.0 Å². The molecule has 8 nitrogen and oxygen atoms in total. The standard InChI is InChI=1S/C23H28N4O4/c1-5-23(6-2)21(29)27(22(30)26-23)14-19(28)24-12-17-9-10-20(25-13-17)31-18-11-15(3)7-8-16(18)4/h7-11,13H,5-6,12,14H2,1-4H3,(H,24,28)(H,26,30). The van der Waals surface area contributed by atoms with Crippen LogP contribution in [0.5, 0.6) is 11.6 Å². The van der Waals surface area contributed by atoms with Crippen LogP contribution in [0.25, 0.3) is 0 Å². The molecule has 3 rings (SSSR count). The van der Waals surface area contributed by atoms with E-state index in [1.807, 2.05) is 45.9 Å². The van der Waals surface area contributed by atoms with E-state index in [0.29, 0.717) is 18.7 Å². The fraction of sp³-hybridized carbons (Fsp3) is 0.391. The molecular weight excluding hydrogens is 396 g/mol. The predicted octanol–water partition coefficient (Wildman–Crippen LogP) is 3.22. The number of aryl methyl sites for hydroxylation is 2. The minimum absolute atomic E-state index is 0.228. The third-order valence-corrected chi connectivity index (χ3v) is 5.60. The fourth-order valence-electron chi connectivity index (χ4n) is 3.45. The summed E-state index contributed by atoms with van der Waals surface area (Å²) in [6.07, 6.45) is 2.58. The van der Waals surface area contributed by atoms with Crippen molar-refractivity contribution in [1.82, 2.24) is 20.5 Å². The largest absolute Gasteiger partial charge is 0.439 e. The van der Waals surface area contributed by atoms with Crippen molar-refractivity contribution in [3.05, 3.63) is 53.2 Å². The highest BCUT2D eigenvalue weighted by Crippen LogP contribution is 2.25. The molecule has 2 aromatic rings. The van der Waals surface area contributed by atoms with Crippen LogP contribution in [-0.4, -0.2) is 39.8 Å². The number of pyridine rings is 1. The summed E-state index contributed by atoms with van der Waals surface area (Å²) >= 11 is 0. The lowest BCUT2D eigenvalue weighted by Crippen LogP contribution is -2.46. The van der Waals surface area contributed by atoms with Crippen LogP contribution >= 0.6 is 0 Å². The molecule has 8 heteroatoms. The first kappa shape index (κ1) is 22.3. The quantitative estimate of drug-likeness (QED) is 0.634. The van der Waals surface area contributed by atoms with Crippen LogP contribution in [0.4, 0.5) is 4.79 Å². The number of aromatic nitrogens is 1. The maximum atomic E-state index is 12.6. The van der Waals surface area contributed by atoms with Crippen LogP contribution < -0.4 is 15.4 Å². The van der Waals surface area contributed by atoms with Crippen LogP contribution in [0, 0.1) is 13.8 Å². The van der Waals surface area contributed by atoms with Gasteiger partial charge in [0.15, 0.2) is 0 Å². The van der Waals surface area contributed by atoms with Gasteiger partial charge in [0.25, 0.3) is 5.91 Å². The highest BCUT2D eigenvalue weighted by molar-refractivity contribution is 6.08. The van der Waals surface area contributed by atoms with Gasteiger partial charge in [-0.15, -0.1) is 0 Å². The molecule has 0 spiro atoms. The summed E-state index contributed by atoms with van der Waals surface area (Å²) in [5.41, 5.74) is 1.97. The van der Waals surface area contributed by atoms with E-state index in [9.17, 15) is 14.4 Å². The van der Waals surface area contributed by atoms with E-state index in [1.165, 1.54) is 0 Å². The topological polar surface area (TPSA) is 101 Å². The highest BCUT2D eigenvalue weighted by Gasteiger charge is 2.49. The number of carbonyl (C=O) groups excluding carboxylic acids is 3. The molecule has 0 bridgehead atoms. The summed E-state index contributed by atoms with van der Waals surface area (Å²) in [4.78, 5) is 42.3. The van der Waals surface area contributed by atoms with E-state index in [0.717, 1.165) is 27.3 Å². The number of benzene rings is 1. The average Bonchev–Trinajstić information content (AvgIpc) is 3.00. The molecule has 1 aliphatic heterocycles. The molecule has 1 saturated heterocycles. The zero-order valence-electron chi connectivity index (χ0n) is 18.3. The normalized spacial score (nSPS) is 15.0. The summed E-state index contributed by atoms with van der Waals surface area (Å²) in [6.45, 7) is 7.56. The second kappa shape index (κ2) is 9.16. The van der Waals surface area contributed by atoms with Crippen LogP contribution in [-0.2, 0) is 16.1 Å². The number of urea groups is 1. The molecule has 4 amide bonds. The Morgan fingerprint density at radius 2 is 1.90 bits per heavy atom. The van der Waals surface area contributed by atoms with Gasteiger partial charge in [-0.3, -0.25) is 14.5 Å². The number of carbonyl (C=O) groups is 3. The number of hydrogen-bond donors (Lipinski definition) is 2. The van der Waals surface area contributed by atoms with Crippen molar-refractivity contribution < 1.29 is 19.1 Å². The molecule has 164 valence electrons. The van der Waals surface area contributed by atoms with Crippen molar-refractivity contribution in [2.45, 2.75) is 52.6 Å². The van der Waals surface area contributed by atoms with Crippen molar-refractivity contribution in [2.24, 2.45) is 0 Å². The number of rotatable bonds is 8. The number of nitrogens with one attached hydrogen (secondary N) is 2. The molecular formula is C23H28N4O4. The van der Waals surface area contributed by atoms with Gasteiger partial charge < -0.3 is 15.4 Å². The number of amides is 4. The fourth-order valence-corrected chi connectivity index (χ4v) is 3.45. The minimum atomic E-state index is -0.910. The molecule has 2 N–H and O–H groups in total. The number of ether oxygens (including phenoxy) is 1. The summed E-state index contributed by atoms with van der Waals surface area (Å²) in [5.74, 6) is 0.436. The van der Waals surface area contributed by atoms with Crippen molar-refractivity contribution in [2.75, 3.05) is 6.54 Å². The SMILES string of the molecule is CCC1(CC)NC(=O)N(CC(=O)NCc2ccc(Oc3cc(C)ccc3C)nc2)C1=O. The first-order chi connectivity index (χ1) is 14.8. The molecule has 1 aromatic heterocycles. The number of hydrogen-bond acceptors (Lipinski definition) is 5. The third-order valence-electron chi connectivity index (χ3n) is 5.60. The van der Waals surface area contributed by atoms with E-state index >= 15 is 0 Å². The molecule has 0 atom stereocenters. The Balaban J connectivity index is 1.54. The Morgan fingerprint density at radius 1 is 1.16 bits per heavy atom. The Labute approximate surface area is 182 Å². The second-order valence-electron chi connectivity index (χ2n) is 7.76. The molecule has 1 fully saturated rings. The van der Waals surface area contributed by atoms with Gasteiger partial charge in [-0.05, 0) is 49.4 Å². The highest BCUT2D eigenvalue weighted by atomic mass is 16.5. The van der Waals surface area contributed by atoms with Gasteiger partial charge in [0.05, 0.1) is 0 Å². The average molecular weight is 425 g/mol. The smallest absolute Gasteiger partial charge is 0.325 e. The van der Waals surface area contributed by atoms with Gasteiger partial charge in [-0.25, -0.2) is 9.78 Å². The molecule has 1 aromatic carbocycles. The monoisotopic (exact) mass is 424 g/mol. The van der Waals surface area contributed by atoms with Crippen molar-refractivity contribution in [3.63, 3.8) is 0 Å². The molecule has 0 aliphatic carbocycles. The molecule has 1 aliphatic rings. The molecule has 0 radical (unpaired) electrons. The summed E-state index contributed by atoms with van der Waals surface area (Å²) in [7, 11) is 0. The van der Waals surface area contributed by atoms with Crippen LogP contribution in [0.1, 0.15) is 43.4 Å². The maximum absolute atomic E-state index is 12.6. The lowest BCUT2D eigenvalue weighted by atomic mass is 9.93. The van der Waals surface area contributed by atoms with Gasteiger partial charge in [0, 0.05) is 18.8 Å². The van der Waals surface area contributed by atoms with Crippen LogP contribution in [0.15, 0.2) is 36.5 Å². The first-order valence-electron chi connectivity index (χ1n) is 10.4. The minimum Gasteiger partial charge on any atom is -0.439 e. The number of nitrogens with zero attached hydrogens (tertiary/aromatic N) is 2. The maximum Gasteiger partial charge on any atom is 0.325 e. The molecule has 31 heavy (non-hydrogen) atoms. The van der Waals surface area contributed by atoms with E-state index in [2.05, 4.69) is 15.6 Å². The van der Waals surface area contributed by atoms with Crippen molar-refractivity contribution in [1.29, 1.82) is 0 Å². The van der Waals surface area contributed by atoms with Gasteiger partial charge in [0.2, 0.25) is 11.8 Å². The van der Waals surface area contributed by atoms with E-state index < -0.39 is 17.5 Å². The lowest BCUT2D eigenvalue weighted by Gasteiger charge is -2.23.